The number of nitrogens with zero attached hydrogens (tertiary/aromatic N) is 1. The molecule has 120 valence electrons. The first kappa shape index (κ1) is 15.2. The Kier molecular flexibility index (Phi) is 4.37. The van der Waals surface area contributed by atoms with Crippen LogP contribution in [0.15, 0.2) is 42.5 Å². The molecule has 0 saturated heterocycles. The minimum Gasteiger partial charge on any atom is -0.454 e. The summed E-state index contributed by atoms with van der Waals surface area (Å²) >= 11 is 0. The monoisotopic (exact) mass is 312 g/mol. The van der Waals surface area contributed by atoms with E-state index in [0.717, 1.165) is 12.2 Å². The number of nitrogens with one attached hydrogen (secondary N) is 1. The lowest BCUT2D eigenvalue weighted by Gasteiger charge is -2.23. The molecular weight excluding hydrogens is 292 g/mol. The van der Waals surface area contributed by atoms with E-state index in [1.807, 2.05) is 43.0 Å². The summed E-state index contributed by atoms with van der Waals surface area (Å²) in [6, 6.07) is 13.5. The maximum absolute atomic E-state index is 12.3. The number of hydrogen-bond acceptors (Lipinski definition) is 4. The Hall–Kier alpha value is -2.69. The predicted molar refractivity (Wildman–Crippen MR) is 90.3 cm³/mol. The van der Waals surface area contributed by atoms with Gasteiger partial charge in [-0.15, -0.1) is 0 Å². The standard InChI is InChI=1S/C18H20N2O3/c1-3-20(15-6-4-5-13(2)9-15)11-18(21)19-14-7-8-16-17(10-14)23-12-22-16/h4-10H,3,11-12H2,1-2H3,(H,19,21). The Balaban J connectivity index is 1.66. The van der Waals surface area contributed by atoms with Gasteiger partial charge in [-0.1, -0.05) is 12.1 Å². The van der Waals surface area contributed by atoms with Crippen molar-refractivity contribution in [3.63, 3.8) is 0 Å². The Morgan fingerprint density at radius 2 is 2.00 bits per heavy atom. The molecule has 2 aromatic carbocycles. The molecule has 0 saturated carbocycles. The molecule has 1 aliphatic rings. The molecular formula is C18H20N2O3. The van der Waals surface area contributed by atoms with E-state index >= 15 is 0 Å². The third kappa shape index (κ3) is 3.56. The molecule has 1 amide bonds. The molecule has 0 unspecified atom stereocenters. The maximum Gasteiger partial charge on any atom is 0.243 e. The molecule has 0 spiro atoms. The van der Waals surface area contributed by atoms with Crippen LogP contribution in [0.5, 0.6) is 11.5 Å². The molecule has 1 N–H and O–H groups in total. The number of likely N-dealkylation sites (N-methyl/N-ethyl adjacent to an activating group) is 1. The Morgan fingerprint density at radius 3 is 2.78 bits per heavy atom. The van der Waals surface area contributed by atoms with E-state index in [2.05, 4.69) is 11.4 Å². The number of anilines is 2. The molecule has 2 aromatic rings. The lowest BCUT2D eigenvalue weighted by atomic mass is 10.2. The van der Waals surface area contributed by atoms with Gasteiger partial charge >= 0.3 is 0 Å². The second kappa shape index (κ2) is 6.60. The molecule has 3 rings (SSSR count). The van der Waals surface area contributed by atoms with Crippen molar-refractivity contribution < 1.29 is 14.3 Å². The van der Waals surface area contributed by atoms with E-state index in [4.69, 9.17) is 9.47 Å². The number of hydrogen-bond donors (Lipinski definition) is 1. The Bertz CT molecular complexity index is 715. The summed E-state index contributed by atoms with van der Waals surface area (Å²) in [5.41, 5.74) is 2.94. The summed E-state index contributed by atoms with van der Waals surface area (Å²) in [4.78, 5) is 14.4. The van der Waals surface area contributed by atoms with Gasteiger partial charge < -0.3 is 19.7 Å². The fourth-order valence-corrected chi connectivity index (χ4v) is 2.56. The molecule has 0 aliphatic carbocycles. The van der Waals surface area contributed by atoms with Crippen LogP contribution in [0.25, 0.3) is 0 Å². The van der Waals surface area contributed by atoms with E-state index in [1.165, 1.54) is 5.56 Å². The summed E-state index contributed by atoms with van der Waals surface area (Å²) < 4.78 is 10.6. The number of fused-ring (bicyclic) bond motifs is 1. The molecule has 0 aromatic heterocycles. The largest absolute Gasteiger partial charge is 0.454 e. The average molecular weight is 312 g/mol. The molecule has 23 heavy (non-hydrogen) atoms. The molecule has 0 bridgehead atoms. The second-order valence-corrected chi connectivity index (χ2v) is 5.47. The SMILES string of the molecule is CCN(CC(=O)Nc1ccc2c(c1)OCO2)c1cccc(C)c1. The highest BCUT2D eigenvalue weighted by molar-refractivity contribution is 5.94. The first-order chi connectivity index (χ1) is 11.2. The van der Waals surface area contributed by atoms with Crippen LogP contribution in [0.2, 0.25) is 0 Å². The van der Waals surface area contributed by atoms with Gasteiger partial charge in [0, 0.05) is 24.0 Å². The van der Waals surface area contributed by atoms with Gasteiger partial charge in [0.25, 0.3) is 0 Å². The fourth-order valence-electron chi connectivity index (χ4n) is 2.56. The highest BCUT2D eigenvalue weighted by Gasteiger charge is 2.15. The van der Waals surface area contributed by atoms with Crippen molar-refractivity contribution in [2.75, 3.05) is 30.1 Å². The molecule has 0 fully saturated rings. The lowest BCUT2D eigenvalue weighted by molar-refractivity contribution is -0.115. The number of carbonyl (C=O) groups excluding carboxylic acids is 1. The number of rotatable bonds is 5. The quantitative estimate of drug-likeness (QED) is 0.921. The lowest BCUT2D eigenvalue weighted by Crippen LogP contribution is -2.33. The molecule has 1 aliphatic heterocycles. The minimum atomic E-state index is -0.0628. The van der Waals surface area contributed by atoms with Crippen LogP contribution in [-0.2, 0) is 4.79 Å². The van der Waals surface area contributed by atoms with Gasteiger partial charge in [0.2, 0.25) is 12.7 Å². The van der Waals surface area contributed by atoms with Gasteiger partial charge in [0.15, 0.2) is 11.5 Å². The first-order valence-electron chi connectivity index (χ1n) is 7.67. The average Bonchev–Trinajstić information content (AvgIpc) is 3.00. The normalized spacial score (nSPS) is 12.1. The highest BCUT2D eigenvalue weighted by Crippen LogP contribution is 2.34. The third-order valence-electron chi connectivity index (χ3n) is 3.74. The van der Waals surface area contributed by atoms with E-state index in [0.29, 0.717) is 23.7 Å². The van der Waals surface area contributed by atoms with Crippen molar-refractivity contribution in [1.82, 2.24) is 0 Å². The van der Waals surface area contributed by atoms with Crippen LogP contribution < -0.4 is 19.7 Å². The summed E-state index contributed by atoms with van der Waals surface area (Å²) in [6.07, 6.45) is 0. The number of benzene rings is 2. The number of aryl methyl sites for hydroxylation is 1. The van der Waals surface area contributed by atoms with Crippen molar-refractivity contribution in [3.8, 4) is 11.5 Å². The Morgan fingerprint density at radius 1 is 1.17 bits per heavy atom. The van der Waals surface area contributed by atoms with Crippen LogP contribution in [-0.4, -0.2) is 25.8 Å². The molecule has 5 heteroatoms. The summed E-state index contributed by atoms with van der Waals surface area (Å²) in [5.74, 6) is 1.30. The fraction of sp³-hybridized carbons (Fsp3) is 0.278. The minimum absolute atomic E-state index is 0.0628. The van der Waals surface area contributed by atoms with Crippen LogP contribution in [0, 0.1) is 6.92 Å². The van der Waals surface area contributed by atoms with Crippen molar-refractivity contribution in [1.29, 1.82) is 0 Å². The zero-order valence-corrected chi connectivity index (χ0v) is 13.3. The zero-order valence-electron chi connectivity index (χ0n) is 13.3. The van der Waals surface area contributed by atoms with Crippen LogP contribution >= 0.6 is 0 Å². The van der Waals surface area contributed by atoms with E-state index in [1.54, 1.807) is 12.1 Å². The smallest absolute Gasteiger partial charge is 0.243 e. The van der Waals surface area contributed by atoms with E-state index in [9.17, 15) is 4.79 Å². The van der Waals surface area contributed by atoms with E-state index < -0.39 is 0 Å². The predicted octanol–water partition coefficient (Wildman–Crippen LogP) is 3.19. The van der Waals surface area contributed by atoms with Crippen molar-refractivity contribution in [2.45, 2.75) is 13.8 Å². The third-order valence-corrected chi connectivity index (χ3v) is 3.74. The summed E-state index contributed by atoms with van der Waals surface area (Å²) in [6.45, 7) is 5.37. The zero-order chi connectivity index (χ0) is 16.2. The summed E-state index contributed by atoms with van der Waals surface area (Å²) in [5, 5.41) is 2.90. The molecule has 0 atom stereocenters. The van der Waals surface area contributed by atoms with Crippen LogP contribution in [0.3, 0.4) is 0 Å². The van der Waals surface area contributed by atoms with Crippen molar-refractivity contribution >= 4 is 17.3 Å². The highest BCUT2D eigenvalue weighted by atomic mass is 16.7. The molecule has 1 heterocycles. The van der Waals surface area contributed by atoms with Crippen LogP contribution in [0.4, 0.5) is 11.4 Å². The van der Waals surface area contributed by atoms with Gasteiger partial charge in [-0.3, -0.25) is 4.79 Å². The Labute approximate surface area is 135 Å². The maximum atomic E-state index is 12.3. The topological polar surface area (TPSA) is 50.8 Å². The van der Waals surface area contributed by atoms with Gasteiger partial charge in [0.1, 0.15) is 0 Å². The van der Waals surface area contributed by atoms with Gasteiger partial charge in [-0.2, -0.15) is 0 Å². The molecule has 0 radical (unpaired) electrons. The second-order valence-electron chi connectivity index (χ2n) is 5.47. The number of amides is 1. The number of carbonyl (C=O) groups is 1. The van der Waals surface area contributed by atoms with Crippen LogP contribution in [0.1, 0.15) is 12.5 Å². The van der Waals surface area contributed by atoms with E-state index in [-0.39, 0.29) is 12.7 Å². The summed E-state index contributed by atoms with van der Waals surface area (Å²) in [7, 11) is 0. The van der Waals surface area contributed by atoms with Crippen molar-refractivity contribution in [2.24, 2.45) is 0 Å². The first-order valence-corrected chi connectivity index (χ1v) is 7.67. The van der Waals surface area contributed by atoms with Crippen molar-refractivity contribution in [3.05, 3.63) is 48.0 Å². The molecule has 5 nitrogen and oxygen atoms in total. The van der Waals surface area contributed by atoms with Gasteiger partial charge in [-0.25, -0.2) is 0 Å². The number of ether oxygens (including phenoxy) is 2. The van der Waals surface area contributed by atoms with Gasteiger partial charge in [-0.05, 0) is 43.7 Å². The van der Waals surface area contributed by atoms with Gasteiger partial charge in [0.05, 0.1) is 6.54 Å².